The van der Waals surface area contributed by atoms with Crippen LogP contribution in [0.5, 0.6) is 0 Å². The first-order chi connectivity index (χ1) is 11.7. The van der Waals surface area contributed by atoms with Gasteiger partial charge < -0.3 is 10.1 Å². The molecule has 1 fully saturated rings. The molecule has 7 nitrogen and oxygen atoms in total. The normalized spacial score (nSPS) is 17.2. The van der Waals surface area contributed by atoms with Gasteiger partial charge in [0.1, 0.15) is 6.04 Å². The molecule has 1 saturated heterocycles. The van der Waals surface area contributed by atoms with E-state index in [2.05, 4.69) is 20.4 Å². The number of urea groups is 1. The van der Waals surface area contributed by atoms with Crippen LogP contribution < -0.4 is 10.6 Å². The summed E-state index contributed by atoms with van der Waals surface area (Å²) in [5, 5.41) is 4.83. The predicted octanol–water partition coefficient (Wildman–Crippen LogP) is 0.447. The highest BCUT2D eigenvalue weighted by Crippen LogP contribution is 2.22. The van der Waals surface area contributed by atoms with Crippen LogP contribution in [0, 0.1) is 0 Å². The van der Waals surface area contributed by atoms with Crippen molar-refractivity contribution in [3.8, 4) is 0 Å². The SMILES string of the molecule is CNC(=O)NC(=O)C(c1ccccc1)N1CCN(CCOC)CC1. The Balaban J connectivity index is 2.07. The van der Waals surface area contributed by atoms with Crippen molar-refractivity contribution in [1.29, 1.82) is 0 Å². The molecule has 0 spiro atoms. The van der Waals surface area contributed by atoms with Gasteiger partial charge in [-0.25, -0.2) is 4.79 Å². The first-order valence-electron chi connectivity index (χ1n) is 8.18. The lowest BCUT2D eigenvalue weighted by molar-refractivity contribution is -0.126. The van der Waals surface area contributed by atoms with Gasteiger partial charge in [0.05, 0.1) is 6.61 Å². The van der Waals surface area contributed by atoms with E-state index in [1.54, 1.807) is 7.11 Å². The molecule has 1 aromatic carbocycles. The summed E-state index contributed by atoms with van der Waals surface area (Å²) in [6.07, 6.45) is 0. The van der Waals surface area contributed by atoms with Crippen LogP contribution in [0.4, 0.5) is 4.79 Å². The quantitative estimate of drug-likeness (QED) is 0.790. The zero-order valence-electron chi connectivity index (χ0n) is 14.3. The molecule has 0 bridgehead atoms. The number of nitrogens with zero attached hydrogens (tertiary/aromatic N) is 2. The van der Waals surface area contributed by atoms with E-state index in [0.717, 1.165) is 38.3 Å². The van der Waals surface area contributed by atoms with E-state index in [-0.39, 0.29) is 5.91 Å². The zero-order chi connectivity index (χ0) is 17.4. The van der Waals surface area contributed by atoms with Crippen LogP contribution in [-0.4, -0.2) is 75.2 Å². The summed E-state index contributed by atoms with van der Waals surface area (Å²) in [5.74, 6) is -0.300. The fourth-order valence-corrected chi connectivity index (χ4v) is 2.87. The molecule has 7 heteroatoms. The summed E-state index contributed by atoms with van der Waals surface area (Å²) in [6, 6.07) is 8.62. The number of benzene rings is 1. The maximum atomic E-state index is 12.6. The molecule has 2 N–H and O–H groups in total. The number of imide groups is 1. The molecule has 1 aromatic rings. The number of nitrogens with one attached hydrogen (secondary N) is 2. The van der Waals surface area contributed by atoms with Gasteiger partial charge in [-0.2, -0.15) is 0 Å². The van der Waals surface area contributed by atoms with Crippen molar-refractivity contribution in [3.63, 3.8) is 0 Å². The van der Waals surface area contributed by atoms with Gasteiger partial charge >= 0.3 is 6.03 Å². The molecular weight excluding hydrogens is 308 g/mol. The van der Waals surface area contributed by atoms with Gasteiger partial charge in [0.15, 0.2) is 0 Å². The summed E-state index contributed by atoms with van der Waals surface area (Å²) in [7, 11) is 3.19. The van der Waals surface area contributed by atoms with E-state index in [4.69, 9.17) is 4.74 Å². The number of carbonyl (C=O) groups excluding carboxylic acids is 2. The fraction of sp³-hybridized carbons (Fsp3) is 0.529. The summed E-state index contributed by atoms with van der Waals surface area (Å²) < 4.78 is 5.12. The third-order valence-electron chi connectivity index (χ3n) is 4.21. The molecule has 1 heterocycles. The third kappa shape index (κ3) is 5.02. The smallest absolute Gasteiger partial charge is 0.321 e. The summed E-state index contributed by atoms with van der Waals surface area (Å²) in [5.41, 5.74) is 0.893. The number of hydrogen-bond acceptors (Lipinski definition) is 5. The van der Waals surface area contributed by atoms with Gasteiger partial charge in [-0.1, -0.05) is 30.3 Å². The maximum Gasteiger partial charge on any atom is 0.321 e. The van der Waals surface area contributed by atoms with Crippen LogP contribution in [0.2, 0.25) is 0 Å². The molecule has 2 rings (SSSR count). The molecule has 24 heavy (non-hydrogen) atoms. The number of piperazine rings is 1. The molecule has 1 atom stereocenters. The van der Waals surface area contributed by atoms with Crippen molar-refractivity contribution in [3.05, 3.63) is 35.9 Å². The second-order valence-corrected chi connectivity index (χ2v) is 5.75. The van der Waals surface area contributed by atoms with Gasteiger partial charge in [-0.3, -0.25) is 19.9 Å². The number of hydrogen-bond donors (Lipinski definition) is 2. The Bertz CT molecular complexity index is 530. The van der Waals surface area contributed by atoms with E-state index in [1.807, 2.05) is 30.3 Å². The lowest BCUT2D eigenvalue weighted by Crippen LogP contribution is -2.52. The van der Waals surface area contributed by atoms with Gasteiger partial charge in [-0.05, 0) is 5.56 Å². The number of methoxy groups -OCH3 is 1. The number of amides is 3. The van der Waals surface area contributed by atoms with E-state index in [1.165, 1.54) is 7.05 Å². The molecular formula is C17H26N4O3. The highest BCUT2D eigenvalue weighted by molar-refractivity contribution is 5.97. The molecule has 3 amide bonds. The van der Waals surface area contributed by atoms with Gasteiger partial charge in [0.2, 0.25) is 5.91 Å². The zero-order valence-corrected chi connectivity index (χ0v) is 14.3. The topological polar surface area (TPSA) is 73.9 Å². The van der Waals surface area contributed by atoms with Crippen LogP contribution in [0.3, 0.4) is 0 Å². The summed E-state index contributed by atoms with van der Waals surface area (Å²) >= 11 is 0. The molecule has 0 aliphatic carbocycles. The van der Waals surface area contributed by atoms with Gasteiger partial charge in [-0.15, -0.1) is 0 Å². The highest BCUT2D eigenvalue weighted by Gasteiger charge is 2.31. The fourth-order valence-electron chi connectivity index (χ4n) is 2.87. The minimum Gasteiger partial charge on any atom is -0.383 e. The van der Waals surface area contributed by atoms with Crippen molar-refractivity contribution in [1.82, 2.24) is 20.4 Å². The summed E-state index contributed by atoms with van der Waals surface area (Å²) in [6.45, 7) is 4.89. The first-order valence-corrected chi connectivity index (χ1v) is 8.18. The molecule has 132 valence electrons. The Morgan fingerprint density at radius 2 is 1.83 bits per heavy atom. The van der Waals surface area contributed by atoms with Crippen LogP contribution in [-0.2, 0) is 9.53 Å². The van der Waals surface area contributed by atoms with Crippen molar-refractivity contribution in [2.24, 2.45) is 0 Å². The predicted molar refractivity (Wildman–Crippen MR) is 91.7 cm³/mol. The lowest BCUT2D eigenvalue weighted by atomic mass is 10.0. The maximum absolute atomic E-state index is 12.6. The van der Waals surface area contributed by atoms with Crippen LogP contribution in [0.1, 0.15) is 11.6 Å². The molecule has 0 aromatic heterocycles. The van der Waals surface area contributed by atoms with E-state index >= 15 is 0 Å². The molecule has 1 aliphatic rings. The number of rotatable bonds is 6. The van der Waals surface area contributed by atoms with Gasteiger partial charge in [0.25, 0.3) is 0 Å². The van der Waals surface area contributed by atoms with Crippen LogP contribution >= 0.6 is 0 Å². The van der Waals surface area contributed by atoms with E-state index in [0.29, 0.717) is 6.61 Å². The minimum absolute atomic E-state index is 0.300. The minimum atomic E-state index is -0.486. The van der Waals surface area contributed by atoms with Gasteiger partial charge in [0, 0.05) is 46.9 Å². The monoisotopic (exact) mass is 334 g/mol. The second kappa shape index (κ2) is 9.36. The number of ether oxygens (including phenoxy) is 1. The Labute approximate surface area is 142 Å². The van der Waals surface area contributed by atoms with E-state index in [9.17, 15) is 9.59 Å². The Kier molecular flexibility index (Phi) is 7.17. The summed E-state index contributed by atoms with van der Waals surface area (Å²) in [4.78, 5) is 28.6. The van der Waals surface area contributed by atoms with Crippen molar-refractivity contribution >= 4 is 11.9 Å². The second-order valence-electron chi connectivity index (χ2n) is 5.75. The van der Waals surface area contributed by atoms with Crippen LogP contribution in [0.15, 0.2) is 30.3 Å². The molecule has 1 unspecified atom stereocenters. The Morgan fingerprint density at radius 1 is 1.17 bits per heavy atom. The van der Waals surface area contributed by atoms with Crippen molar-refractivity contribution < 1.29 is 14.3 Å². The van der Waals surface area contributed by atoms with Crippen molar-refractivity contribution in [2.45, 2.75) is 6.04 Å². The average molecular weight is 334 g/mol. The molecule has 0 radical (unpaired) electrons. The van der Waals surface area contributed by atoms with E-state index < -0.39 is 12.1 Å². The number of carbonyl (C=O) groups is 2. The molecule has 0 saturated carbocycles. The third-order valence-corrected chi connectivity index (χ3v) is 4.21. The highest BCUT2D eigenvalue weighted by atomic mass is 16.5. The first kappa shape index (κ1) is 18.4. The van der Waals surface area contributed by atoms with Crippen LogP contribution in [0.25, 0.3) is 0 Å². The Hall–Kier alpha value is -1.96. The van der Waals surface area contributed by atoms with Crippen molar-refractivity contribution in [2.75, 3.05) is 53.5 Å². The standard InChI is InChI=1S/C17H26N4O3/c1-18-17(23)19-16(22)15(14-6-4-3-5-7-14)21-10-8-20(9-11-21)12-13-24-2/h3-7,15H,8-13H2,1-2H3,(H2,18,19,22,23). The largest absolute Gasteiger partial charge is 0.383 e. The lowest BCUT2D eigenvalue weighted by Gasteiger charge is -2.38. The average Bonchev–Trinajstić information content (AvgIpc) is 2.62. The molecule has 1 aliphatic heterocycles. The Morgan fingerprint density at radius 3 is 2.42 bits per heavy atom.